The van der Waals surface area contributed by atoms with Gasteiger partial charge in [0.25, 0.3) is 0 Å². The number of aromatic nitrogens is 1. The topological polar surface area (TPSA) is 82.5 Å². The van der Waals surface area contributed by atoms with Crippen LogP contribution in [0.5, 0.6) is 0 Å². The average molecular weight is 299 g/mol. The van der Waals surface area contributed by atoms with Crippen LogP contribution in [0.1, 0.15) is 45.7 Å². The van der Waals surface area contributed by atoms with Crippen LogP contribution in [-0.2, 0) is 4.79 Å². The Morgan fingerprint density at radius 3 is 2.55 bits per heavy atom. The smallest absolute Gasteiger partial charge is 0.324 e. The summed E-state index contributed by atoms with van der Waals surface area (Å²) < 4.78 is 0. The van der Waals surface area contributed by atoms with Crippen molar-refractivity contribution >= 4 is 28.5 Å². The Bertz CT molecular complexity index is 473. The van der Waals surface area contributed by atoms with Crippen molar-refractivity contribution in [2.45, 2.75) is 46.1 Å². The second-order valence-corrected chi connectivity index (χ2v) is 5.80. The maximum absolute atomic E-state index is 12.1. The lowest BCUT2D eigenvalue weighted by Crippen LogP contribution is -2.44. The molecule has 0 aliphatic heterocycles. The molecule has 1 aromatic rings. The van der Waals surface area contributed by atoms with Gasteiger partial charge in [0.2, 0.25) is 0 Å². The van der Waals surface area contributed by atoms with E-state index in [1.54, 1.807) is 0 Å². The number of carbonyl (C=O) groups excluding carboxylic acids is 1. The van der Waals surface area contributed by atoms with Gasteiger partial charge in [-0.25, -0.2) is 9.78 Å². The van der Waals surface area contributed by atoms with Gasteiger partial charge in [-0.1, -0.05) is 20.8 Å². The number of carbonyl (C=O) groups is 2. The molecule has 6 nitrogen and oxygen atoms in total. The van der Waals surface area contributed by atoms with Crippen molar-refractivity contribution in [1.82, 2.24) is 9.88 Å². The first-order valence-corrected chi connectivity index (χ1v) is 7.47. The largest absolute Gasteiger partial charge is 0.480 e. The third-order valence-electron chi connectivity index (χ3n) is 3.02. The number of thiazole rings is 1. The summed E-state index contributed by atoms with van der Waals surface area (Å²) in [5, 5.41) is 13.9. The number of hydrogen-bond acceptors (Lipinski definition) is 4. The lowest BCUT2D eigenvalue weighted by Gasteiger charge is -2.26. The summed E-state index contributed by atoms with van der Waals surface area (Å²) in [6.45, 7) is 7.47. The molecule has 1 unspecified atom stereocenters. The van der Waals surface area contributed by atoms with E-state index in [9.17, 15) is 9.59 Å². The highest BCUT2D eigenvalue weighted by Crippen LogP contribution is 2.22. The second-order valence-electron chi connectivity index (χ2n) is 4.94. The summed E-state index contributed by atoms with van der Waals surface area (Å²) in [6.07, 6.45) is 0.690. The van der Waals surface area contributed by atoms with Crippen molar-refractivity contribution in [3.8, 4) is 0 Å². The molecule has 0 fully saturated rings. The molecule has 0 bridgehead atoms. The Hall–Kier alpha value is -1.63. The molecule has 1 aromatic heterocycles. The molecule has 1 rings (SSSR count). The summed E-state index contributed by atoms with van der Waals surface area (Å²) in [5.74, 6) is -0.732. The molecule has 0 radical (unpaired) electrons. The Balaban J connectivity index is 2.76. The van der Waals surface area contributed by atoms with E-state index in [1.165, 1.54) is 16.2 Å². The lowest BCUT2D eigenvalue weighted by atomic mass is 10.2. The van der Waals surface area contributed by atoms with Gasteiger partial charge in [0.15, 0.2) is 5.13 Å². The van der Waals surface area contributed by atoms with Crippen molar-refractivity contribution in [1.29, 1.82) is 0 Å². The molecule has 0 aliphatic carbocycles. The quantitative estimate of drug-likeness (QED) is 0.846. The average Bonchev–Trinajstić information content (AvgIpc) is 2.83. The molecular formula is C13H21N3O3S. The summed E-state index contributed by atoms with van der Waals surface area (Å²) in [6, 6.07) is -0.568. The maximum Gasteiger partial charge on any atom is 0.324 e. The fourth-order valence-corrected chi connectivity index (χ4v) is 2.43. The molecule has 112 valence electrons. The first kappa shape index (κ1) is 16.4. The minimum absolute atomic E-state index is 0.143. The number of nitrogens with one attached hydrogen (secondary N) is 1. The number of aliphatic carboxylic acids is 1. The molecule has 0 saturated carbocycles. The zero-order valence-corrected chi connectivity index (χ0v) is 13.0. The molecule has 7 heteroatoms. The van der Waals surface area contributed by atoms with Crippen LogP contribution in [0.4, 0.5) is 9.93 Å². The highest BCUT2D eigenvalue weighted by atomic mass is 32.1. The van der Waals surface area contributed by atoms with Crippen molar-refractivity contribution in [3.63, 3.8) is 0 Å². The van der Waals surface area contributed by atoms with E-state index in [4.69, 9.17) is 5.11 Å². The molecule has 0 saturated heterocycles. The fourth-order valence-electron chi connectivity index (χ4n) is 1.57. The highest BCUT2D eigenvalue weighted by Gasteiger charge is 2.22. The van der Waals surface area contributed by atoms with Crippen LogP contribution < -0.4 is 5.32 Å². The van der Waals surface area contributed by atoms with Gasteiger partial charge in [0, 0.05) is 11.4 Å². The SMILES string of the molecule is CCC(C)N(CC(=O)O)C(=O)Nc1nc(C(C)C)cs1. The van der Waals surface area contributed by atoms with Crippen LogP contribution in [0.2, 0.25) is 0 Å². The number of carboxylic acids is 1. The Labute approximate surface area is 122 Å². The van der Waals surface area contributed by atoms with Crippen LogP contribution >= 0.6 is 11.3 Å². The van der Waals surface area contributed by atoms with Gasteiger partial charge < -0.3 is 10.0 Å². The van der Waals surface area contributed by atoms with Gasteiger partial charge in [0.05, 0.1) is 5.69 Å². The van der Waals surface area contributed by atoms with Gasteiger partial charge in [0.1, 0.15) is 6.54 Å². The summed E-state index contributed by atoms with van der Waals surface area (Å²) in [7, 11) is 0. The molecule has 0 aromatic carbocycles. The number of rotatable bonds is 6. The Morgan fingerprint density at radius 1 is 1.45 bits per heavy atom. The van der Waals surface area contributed by atoms with Crippen LogP contribution in [0.25, 0.3) is 0 Å². The minimum atomic E-state index is -1.03. The third kappa shape index (κ3) is 4.48. The van der Waals surface area contributed by atoms with Crippen LogP contribution in [-0.4, -0.2) is 39.6 Å². The number of hydrogen-bond donors (Lipinski definition) is 2. The predicted molar refractivity (Wildman–Crippen MR) is 79.3 cm³/mol. The first-order valence-electron chi connectivity index (χ1n) is 6.60. The molecule has 2 N–H and O–H groups in total. The van der Waals surface area contributed by atoms with Gasteiger partial charge in [-0.2, -0.15) is 0 Å². The maximum atomic E-state index is 12.1. The van der Waals surface area contributed by atoms with E-state index in [-0.39, 0.29) is 12.6 Å². The number of carboxylic acid groups (broad SMARTS) is 1. The molecular weight excluding hydrogens is 278 g/mol. The van der Waals surface area contributed by atoms with E-state index < -0.39 is 12.0 Å². The number of nitrogens with zero attached hydrogens (tertiary/aromatic N) is 2. The zero-order chi connectivity index (χ0) is 15.3. The minimum Gasteiger partial charge on any atom is -0.480 e. The van der Waals surface area contributed by atoms with E-state index in [2.05, 4.69) is 10.3 Å². The van der Waals surface area contributed by atoms with E-state index >= 15 is 0 Å². The number of anilines is 1. The molecule has 2 amide bonds. The summed E-state index contributed by atoms with van der Waals surface area (Å²) in [4.78, 5) is 28.6. The third-order valence-corrected chi connectivity index (χ3v) is 3.79. The Kier molecular flexibility index (Phi) is 5.94. The standard InChI is InChI=1S/C13H21N3O3S/c1-5-9(4)16(6-11(17)18)13(19)15-12-14-10(7-20-12)8(2)3/h7-9H,5-6H2,1-4H3,(H,17,18)(H,14,15,19). The highest BCUT2D eigenvalue weighted by molar-refractivity contribution is 7.13. The normalized spacial score (nSPS) is 12.2. The monoisotopic (exact) mass is 299 g/mol. The fraction of sp³-hybridized carbons (Fsp3) is 0.615. The first-order chi connectivity index (χ1) is 9.35. The van der Waals surface area contributed by atoms with Crippen molar-refractivity contribution in [3.05, 3.63) is 11.1 Å². The van der Waals surface area contributed by atoms with Gasteiger partial charge in [-0.15, -0.1) is 11.3 Å². The Morgan fingerprint density at radius 2 is 2.10 bits per heavy atom. The molecule has 20 heavy (non-hydrogen) atoms. The van der Waals surface area contributed by atoms with Gasteiger partial charge in [-0.3, -0.25) is 10.1 Å². The lowest BCUT2D eigenvalue weighted by molar-refractivity contribution is -0.138. The zero-order valence-electron chi connectivity index (χ0n) is 12.2. The summed E-state index contributed by atoms with van der Waals surface area (Å²) in [5.41, 5.74) is 0.915. The molecule has 0 aliphatic rings. The van der Waals surface area contributed by atoms with E-state index in [1.807, 2.05) is 33.1 Å². The van der Waals surface area contributed by atoms with E-state index in [0.29, 0.717) is 17.5 Å². The van der Waals surface area contributed by atoms with Crippen LogP contribution in [0.3, 0.4) is 0 Å². The van der Waals surface area contributed by atoms with E-state index in [0.717, 1.165) is 5.69 Å². The second kappa shape index (κ2) is 7.23. The van der Waals surface area contributed by atoms with Crippen molar-refractivity contribution in [2.24, 2.45) is 0 Å². The summed E-state index contributed by atoms with van der Waals surface area (Å²) >= 11 is 1.34. The van der Waals surface area contributed by atoms with Gasteiger partial charge >= 0.3 is 12.0 Å². The number of amides is 2. The van der Waals surface area contributed by atoms with Gasteiger partial charge in [-0.05, 0) is 19.3 Å². The molecule has 1 atom stereocenters. The van der Waals surface area contributed by atoms with Crippen LogP contribution in [0.15, 0.2) is 5.38 Å². The predicted octanol–water partition coefficient (Wildman–Crippen LogP) is 2.98. The molecule has 0 spiro atoms. The van der Waals surface area contributed by atoms with Crippen molar-refractivity contribution in [2.75, 3.05) is 11.9 Å². The van der Waals surface area contributed by atoms with Crippen molar-refractivity contribution < 1.29 is 14.7 Å². The molecule has 1 heterocycles. The number of urea groups is 1. The van der Waals surface area contributed by atoms with Crippen LogP contribution in [0, 0.1) is 0 Å².